The summed E-state index contributed by atoms with van der Waals surface area (Å²) in [7, 11) is 6.01. The van der Waals surface area contributed by atoms with Gasteiger partial charge in [0.15, 0.2) is 0 Å². The molecule has 0 saturated carbocycles. The van der Waals surface area contributed by atoms with Crippen molar-refractivity contribution < 1.29 is 23.9 Å². The molecule has 0 aromatic heterocycles. The van der Waals surface area contributed by atoms with E-state index in [1.54, 1.807) is 20.8 Å². The lowest BCUT2D eigenvalue weighted by Crippen LogP contribution is -2.47. The molecule has 0 radical (unpaired) electrons. The summed E-state index contributed by atoms with van der Waals surface area (Å²) in [6, 6.07) is -0.689. The molecule has 1 amide bonds. The van der Waals surface area contributed by atoms with E-state index in [9.17, 15) is 14.7 Å². The molecule has 1 saturated heterocycles. The molecule has 0 spiro atoms. The highest BCUT2D eigenvalue weighted by Gasteiger charge is 2.46. The zero-order valence-corrected chi connectivity index (χ0v) is 12.6. The topological polar surface area (TPSA) is 66.8 Å². The number of amides is 1. The van der Waals surface area contributed by atoms with E-state index in [4.69, 9.17) is 4.74 Å². The lowest BCUT2D eigenvalue weighted by atomic mass is 10.1. The summed E-state index contributed by atoms with van der Waals surface area (Å²) in [5.74, 6) is -0.971. The van der Waals surface area contributed by atoms with Gasteiger partial charge in [-0.2, -0.15) is 0 Å². The first kappa shape index (κ1) is 15.8. The molecule has 2 atom stereocenters. The van der Waals surface area contributed by atoms with Crippen molar-refractivity contribution in [1.29, 1.82) is 0 Å². The zero-order chi connectivity index (χ0) is 15.0. The molecule has 1 rings (SSSR count). The first-order valence-electron chi connectivity index (χ1n) is 6.45. The summed E-state index contributed by atoms with van der Waals surface area (Å²) >= 11 is 0. The number of likely N-dealkylation sites (N-methyl/N-ethyl adjacent to an activating group) is 1. The van der Waals surface area contributed by atoms with Crippen LogP contribution >= 0.6 is 0 Å². The van der Waals surface area contributed by atoms with Crippen LogP contribution in [0.1, 0.15) is 27.2 Å². The number of quaternary nitrogens is 1. The second-order valence-corrected chi connectivity index (χ2v) is 6.99. The highest BCUT2D eigenvalue weighted by molar-refractivity contribution is 5.81. The number of carboxylic acid groups (broad SMARTS) is 1. The molecule has 0 aliphatic carbocycles. The number of aliphatic carboxylic acids is 1. The largest absolute Gasteiger partial charge is 0.480 e. The van der Waals surface area contributed by atoms with Gasteiger partial charge in [0.1, 0.15) is 17.7 Å². The van der Waals surface area contributed by atoms with E-state index in [2.05, 4.69) is 0 Å². The SMILES string of the molecule is CC(C)(C)OC(=O)N1C[C@@H]([N+](C)(C)C)C[C@@H]1C(=O)O. The van der Waals surface area contributed by atoms with Crippen LogP contribution < -0.4 is 0 Å². The fourth-order valence-corrected chi connectivity index (χ4v) is 2.13. The second-order valence-electron chi connectivity index (χ2n) is 6.99. The highest BCUT2D eigenvalue weighted by atomic mass is 16.6. The maximum atomic E-state index is 12.1. The Morgan fingerprint density at radius 2 is 1.79 bits per heavy atom. The van der Waals surface area contributed by atoms with Gasteiger partial charge >= 0.3 is 12.1 Å². The van der Waals surface area contributed by atoms with Crippen LogP contribution in [0.25, 0.3) is 0 Å². The number of hydrogen-bond acceptors (Lipinski definition) is 3. The number of hydrogen-bond donors (Lipinski definition) is 1. The van der Waals surface area contributed by atoms with Crippen LogP contribution in [0, 0.1) is 0 Å². The number of carbonyl (C=O) groups excluding carboxylic acids is 1. The molecule has 19 heavy (non-hydrogen) atoms. The normalized spacial score (nSPS) is 24.4. The van der Waals surface area contributed by atoms with Crippen LogP contribution in [-0.2, 0) is 9.53 Å². The predicted octanol–water partition coefficient (Wildman–Crippen LogP) is 1.16. The lowest BCUT2D eigenvalue weighted by Gasteiger charge is -2.31. The van der Waals surface area contributed by atoms with Gasteiger partial charge in [0.05, 0.1) is 27.7 Å². The van der Waals surface area contributed by atoms with Crippen LogP contribution in [-0.4, -0.2) is 71.9 Å². The number of likely N-dealkylation sites (tertiary alicyclic amines) is 1. The first-order valence-corrected chi connectivity index (χ1v) is 6.45. The van der Waals surface area contributed by atoms with Crippen molar-refractivity contribution in [2.45, 2.75) is 44.9 Å². The maximum absolute atomic E-state index is 12.1. The van der Waals surface area contributed by atoms with Crippen LogP contribution in [0.5, 0.6) is 0 Å². The molecular formula is C13H25N2O4+. The van der Waals surface area contributed by atoms with Crippen molar-refractivity contribution >= 4 is 12.1 Å². The van der Waals surface area contributed by atoms with Crippen molar-refractivity contribution in [3.63, 3.8) is 0 Å². The van der Waals surface area contributed by atoms with Crippen molar-refractivity contribution in [2.24, 2.45) is 0 Å². The average molecular weight is 273 g/mol. The summed E-state index contributed by atoms with van der Waals surface area (Å²) in [5, 5.41) is 9.26. The fourth-order valence-electron chi connectivity index (χ4n) is 2.13. The quantitative estimate of drug-likeness (QED) is 0.767. The summed E-state index contributed by atoms with van der Waals surface area (Å²) < 4.78 is 5.91. The number of nitrogens with zero attached hydrogens (tertiary/aromatic N) is 2. The van der Waals surface area contributed by atoms with E-state index in [0.29, 0.717) is 17.4 Å². The Bertz CT molecular complexity index is 368. The van der Waals surface area contributed by atoms with Gasteiger partial charge in [-0.25, -0.2) is 9.59 Å². The molecular weight excluding hydrogens is 248 g/mol. The number of rotatable bonds is 2. The van der Waals surface area contributed by atoms with Crippen molar-refractivity contribution in [1.82, 2.24) is 4.90 Å². The van der Waals surface area contributed by atoms with Crippen molar-refractivity contribution in [3.8, 4) is 0 Å². The standard InChI is InChI=1S/C13H24N2O4/c1-13(2,3)19-12(18)14-8-9(15(4,5)6)7-10(14)11(16)17/h9-10H,7-8H2,1-6H3/p+1/t9-,10+/m0/s1. The molecule has 1 heterocycles. The van der Waals surface area contributed by atoms with Crippen molar-refractivity contribution in [2.75, 3.05) is 27.7 Å². The Labute approximate surface area is 114 Å². The van der Waals surface area contributed by atoms with Gasteiger partial charge in [-0.15, -0.1) is 0 Å². The Hall–Kier alpha value is -1.30. The molecule has 0 bridgehead atoms. The fraction of sp³-hybridized carbons (Fsp3) is 0.846. The van der Waals surface area contributed by atoms with Crippen LogP contribution in [0.4, 0.5) is 4.79 Å². The third-order valence-corrected chi connectivity index (χ3v) is 3.29. The van der Waals surface area contributed by atoms with E-state index in [1.165, 1.54) is 4.90 Å². The Balaban J connectivity index is 2.86. The molecule has 1 N–H and O–H groups in total. The first-order chi connectivity index (χ1) is 8.42. The third kappa shape index (κ3) is 4.09. The lowest BCUT2D eigenvalue weighted by molar-refractivity contribution is -0.893. The van der Waals surface area contributed by atoms with E-state index in [-0.39, 0.29) is 6.04 Å². The van der Waals surface area contributed by atoms with Gasteiger partial charge in [-0.3, -0.25) is 4.90 Å². The molecule has 0 unspecified atom stereocenters. The molecule has 6 nitrogen and oxygen atoms in total. The van der Waals surface area contributed by atoms with Gasteiger partial charge in [0, 0.05) is 6.42 Å². The van der Waals surface area contributed by atoms with Gasteiger partial charge in [0.25, 0.3) is 0 Å². The average Bonchev–Trinajstić information content (AvgIpc) is 2.57. The number of carbonyl (C=O) groups is 2. The summed E-state index contributed by atoms with van der Waals surface area (Å²) in [4.78, 5) is 24.7. The van der Waals surface area contributed by atoms with Gasteiger partial charge in [0.2, 0.25) is 0 Å². The predicted molar refractivity (Wildman–Crippen MR) is 70.8 cm³/mol. The molecule has 0 aromatic rings. The Morgan fingerprint density at radius 3 is 2.16 bits per heavy atom. The van der Waals surface area contributed by atoms with E-state index in [0.717, 1.165) is 0 Å². The Morgan fingerprint density at radius 1 is 1.26 bits per heavy atom. The van der Waals surface area contributed by atoms with Gasteiger partial charge in [-0.05, 0) is 20.8 Å². The number of carboxylic acids is 1. The highest BCUT2D eigenvalue weighted by Crippen LogP contribution is 2.26. The van der Waals surface area contributed by atoms with Gasteiger partial charge < -0.3 is 14.3 Å². The summed E-state index contributed by atoms with van der Waals surface area (Å²) in [6.07, 6.45) is -0.0891. The summed E-state index contributed by atoms with van der Waals surface area (Å²) in [5.41, 5.74) is -0.616. The molecule has 1 aliphatic rings. The maximum Gasteiger partial charge on any atom is 0.411 e. The van der Waals surface area contributed by atoms with Crippen LogP contribution in [0.3, 0.4) is 0 Å². The molecule has 0 aromatic carbocycles. The summed E-state index contributed by atoms with van der Waals surface area (Å²) in [6.45, 7) is 5.73. The third-order valence-electron chi connectivity index (χ3n) is 3.29. The minimum Gasteiger partial charge on any atom is -0.480 e. The van der Waals surface area contributed by atoms with E-state index >= 15 is 0 Å². The molecule has 1 fully saturated rings. The second kappa shape index (κ2) is 5.00. The molecule has 1 aliphatic heterocycles. The minimum atomic E-state index is -0.971. The Kier molecular flexibility index (Phi) is 4.14. The minimum absolute atomic E-state index is 0.105. The van der Waals surface area contributed by atoms with E-state index < -0.39 is 23.7 Å². The van der Waals surface area contributed by atoms with Gasteiger partial charge in [-0.1, -0.05) is 0 Å². The number of ether oxygens (including phenoxy) is 1. The smallest absolute Gasteiger partial charge is 0.411 e. The van der Waals surface area contributed by atoms with Crippen LogP contribution in [0.2, 0.25) is 0 Å². The van der Waals surface area contributed by atoms with E-state index in [1.807, 2.05) is 21.1 Å². The monoisotopic (exact) mass is 273 g/mol. The molecule has 110 valence electrons. The molecule has 6 heteroatoms. The zero-order valence-electron chi connectivity index (χ0n) is 12.6. The van der Waals surface area contributed by atoms with Crippen LogP contribution in [0.15, 0.2) is 0 Å². The van der Waals surface area contributed by atoms with Crippen molar-refractivity contribution in [3.05, 3.63) is 0 Å².